The molecule has 2 aromatic carbocycles. The first kappa shape index (κ1) is 27.8. The van der Waals surface area contributed by atoms with Crippen LogP contribution >= 0.6 is 11.8 Å². The summed E-state index contributed by atoms with van der Waals surface area (Å²) in [5, 5.41) is 25.5. The smallest absolute Gasteiger partial charge is 0.375 e. The first-order chi connectivity index (χ1) is 20.6. The van der Waals surface area contributed by atoms with E-state index in [1.165, 1.54) is 25.8 Å². The van der Waals surface area contributed by atoms with Crippen molar-refractivity contribution < 1.29 is 43.2 Å². The van der Waals surface area contributed by atoms with Crippen molar-refractivity contribution in [3.63, 3.8) is 0 Å². The molecule has 6 aliphatic rings. The summed E-state index contributed by atoms with van der Waals surface area (Å²) in [7, 11) is 1.49. The Hall–Kier alpha value is -3.99. The molecule has 4 bridgehead atoms. The average Bonchev–Trinajstić information content (AvgIpc) is 3.36. The number of Topliss-reactive ketones (excluding diaryl/α,β-unsaturated/α-hetero) is 1. The molecule has 2 fully saturated rings. The zero-order valence-electron chi connectivity index (χ0n) is 23.9. The predicted octanol–water partition coefficient (Wildman–Crippen LogP) is 2.46. The number of cyclic esters (lactones) is 1. The molecule has 43 heavy (non-hydrogen) atoms. The minimum absolute atomic E-state index is 0.0200. The number of ether oxygens (including phenoxy) is 5. The van der Waals surface area contributed by atoms with E-state index in [9.17, 15) is 24.8 Å². The van der Waals surface area contributed by atoms with Gasteiger partial charge in [-0.3, -0.25) is 14.5 Å². The van der Waals surface area contributed by atoms with E-state index < -0.39 is 46.6 Å². The Morgan fingerprint density at radius 2 is 1.95 bits per heavy atom. The molecule has 6 heterocycles. The molecular weight excluding hydrogens is 578 g/mol. The summed E-state index contributed by atoms with van der Waals surface area (Å²) in [5.41, 5.74) is 2.72. The Morgan fingerprint density at radius 3 is 2.67 bits per heavy atom. The van der Waals surface area contributed by atoms with Crippen molar-refractivity contribution in [1.29, 1.82) is 5.26 Å². The maximum Gasteiger partial charge on any atom is 0.375 e. The van der Waals surface area contributed by atoms with Crippen LogP contribution in [0.2, 0.25) is 0 Å². The molecule has 6 aliphatic heterocycles. The number of esters is 2. The van der Waals surface area contributed by atoms with Crippen LogP contribution in [0.3, 0.4) is 0 Å². The topological polar surface area (TPSA) is 157 Å². The van der Waals surface area contributed by atoms with Crippen LogP contribution in [0.25, 0.3) is 0 Å². The van der Waals surface area contributed by atoms with Gasteiger partial charge in [0.2, 0.25) is 12.6 Å². The Labute approximate surface area is 251 Å². The highest BCUT2D eigenvalue weighted by atomic mass is 32.2. The maximum atomic E-state index is 12.9. The molecule has 8 rings (SSSR count). The second kappa shape index (κ2) is 9.77. The number of fused-ring (bicyclic) bond motifs is 6. The lowest BCUT2D eigenvalue weighted by atomic mass is 9.76. The molecule has 0 amide bonds. The molecule has 224 valence electrons. The number of nitrogens with zero attached hydrogens (tertiary/aromatic N) is 2. The van der Waals surface area contributed by atoms with Crippen LogP contribution in [0.1, 0.15) is 57.6 Å². The molecule has 2 saturated heterocycles. The highest BCUT2D eigenvalue weighted by Gasteiger charge is 2.62. The quantitative estimate of drug-likeness (QED) is 0.292. The van der Waals surface area contributed by atoms with E-state index in [-0.39, 0.29) is 43.6 Å². The Morgan fingerprint density at radius 1 is 1.19 bits per heavy atom. The highest BCUT2D eigenvalue weighted by molar-refractivity contribution is 8.00. The van der Waals surface area contributed by atoms with E-state index in [1.54, 1.807) is 6.92 Å². The number of piperazine rings is 1. The van der Waals surface area contributed by atoms with Crippen molar-refractivity contribution in [1.82, 2.24) is 10.2 Å². The maximum absolute atomic E-state index is 12.9. The number of hydrogen-bond acceptors (Lipinski definition) is 13. The summed E-state index contributed by atoms with van der Waals surface area (Å²) in [6.07, 6.45) is 0.259. The van der Waals surface area contributed by atoms with E-state index >= 15 is 0 Å². The monoisotopic (exact) mass is 607 g/mol. The van der Waals surface area contributed by atoms with Gasteiger partial charge in [-0.05, 0) is 25.0 Å². The molecule has 0 aliphatic carbocycles. The van der Waals surface area contributed by atoms with Crippen molar-refractivity contribution in [3.8, 4) is 34.8 Å². The largest absolute Gasteiger partial charge is 0.504 e. The molecule has 0 saturated carbocycles. The number of carbonyl (C=O) groups excluding carboxylic acids is 3. The lowest BCUT2D eigenvalue weighted by Crippen LogP contribution is -2.69. The molecule has 13 heteroatoms. The molecule has 0 radical (unpaired) electrons. The summed E-state index contributed by atoms with van der Waals surface area (Å²) in [4.78, 5) is 40.1. The van der Waals surface area contributed by atoms with Gasteiger partial charge in [0.25, 0.3) is 0 Å². The zero-order chi connectivity index (χ0) is 30.4. The van der Waals surface area contributed by atoms with Gasteiger partial charge < -0.3 is 34.1 Å². The summed E-state index contributed by atoms with van der Waals surface area (Å²) in [6, 6.07) is 2.64. The zero-order valence-corrected chi connectivity index (χ0v) is 24.8. The third-order valence-electron chi connectivity index (χ3n) is 9.12. The molecule has 12 nitrogen and oxygen atoms in total. The Bertz CT molecular complexity index is 1670. The van der Waals surface area contributed by atoms with E-state index in [4.69, 9.17) is 23.7 Å². The van der Waals surface area contributed by atoms with Crippen molar-refractivity contribution in [2.24, 2.45) is 0 Å². The lowest BCUT2D eigenvalue weighted by molar-refractivity contribution is -0.156. The van der Waals surface area contributed by atoms with Gasteiger partial charge in [-0.25, -0.2) is 4.79 Å². The van der Waals surface area contributed by atoms with Gasteiger partial charge in [0.1, 0.15) is 17.9 Å². The first-order valence-electron chi connectivity index (χ1n) is 13.9. The molecule has 1 unspecified atom stereocenters. The number of nitrogens with one attached hydrogen (secondary N) is 1. The van der Waals surface area contributed by atoms with Gasteiger partial charge >= 0.3 is 11.9 Å². The number of aromatic hydroxyl groups is 1. The number of benzene rings is 2. The number of methoxy groups -OCH3 is 1. The number of rotatable bonds is 2. The van der Waals surface area contributed by atoms with E-state index in [1.807, 2.05) is 13.0 Å². The number of hydrogen-bond donors (Lipinski definition) is 2. The van der Waals surface area contributed by atoms with Gasteiger partial charge in [0.15, 0.2) is 23.0 Å². The first-order valence-corrected chi connectivity index (χ1v) is 14.9. The number of phenols is 1. The molecule has 0 aromatic heterocycles. The fraction of sp³-hybridized carbons (Fsp3) is 0.467. The molecule has 2 N–H and O–H groups in total. The fourth-order valence-electron chi connectivity index (χ4n) is 7.57. The van der Waals surface area contributed by atoms with E-state index in [2.05, 4.69) is 16.3 Å². The van der Waals surface area contributed by atoms with Gasteiger partial charge in [-0.2, -0.15) is 5.26 Å². The van der Waals surface area contributed by atoms with Gasteiger partial charge in [-0.1, -0.05) is 6.07 Å². The SMILES string of the molecule is COc1c(C)cc2c(c1O)[C@H]1NC[C@@](C#N)(C2)N2[C@H]1[C@@H]1SCC(=O)C(=O)OC[C@H]2c2c3c(c(C)c(OC(C)=O)c21)OCO3. The molecular formula is C30H29N3O9S. The van der Waals surface area contributed by atoms with Crippen LogP contribution in [-0.4, -0.2) is 72.1 Å². The van der Waals surface area contributed by atoms with Gasteiger partial charge in [0.05, 0.1) is 36.3 Å². The van der Waals surface area contributed by atoms with E-state index in [0.29, 0.717) is 39.5 Å². The van der Waals surface area contributed by atoms with Crippen LogP contribution in [-0.2, 0) is 25.5 Å². The number of aryl methyl sites for hydroxylation is 1. The summed E-state index contributed by atoms with van der Waals surface area (Å²) >= 11 is 1.20. The standard InChI is InChI=1S/C30H29N3O9S/c1-12-5-15-6-30(9-31)10-32-21(18(15)23(36)24(12)38-4)22-28-20-19(16(33(22)30)7-39-29(37)17(35)8-43-28)27-26(40-11-41-27)13(2)25(20)42-14(3)34/h5,16,21-22,28,32,36H,6-8,10-11H2,1-4H3/t16-,21+,22+,28+,30-/m0/s1. The molecule has 2 aromatic rings. The average molecular weight is 608 g/mol. The van der Waals surface area contributed by atoms with Crippen molar-refractivity contribution in [2.75, 3.05) is 32.8 Å². The van der Waals surface area contributed by atoms with Crippen molar-refractivity contribution in [3.05, 3.63) is 39.4 Å². The Kier molecular flexibility index (Phi) is 6.32. The van der Waals surface area contributed by atoms with Crippen molar-refractivity contribution in [2.45, 2.75) is 56.1 Å². The predicted molar refractivity (Wildman–Crippen MR) is 150 cm³/mol. The minimum Gasteiger partial charge on any atom is -0.504 e. The number of carbonyl (C=O) groups is 3. The minimum atomic E-state index is -1.16. The van der Waals surface area contributed by atoms with Crippen LogP contribution in [0.15, 0.2) is 6.07 Å². The number of thioether (sulfide) groups is 1. The second-order valence-corrected chi connectivity index (χ2v) is 12.6. The number of phenolic OH excluding ortho intramolecular Hbond substituents is 1. The highest BCUT2D eigenvalue weighted by Crippen LogP contribution is 2.63. The van der Waals surface area contributed by atoms with Crippen LogP contribution in [0.5, 0.6) is 28.7 Å². The summed E-state index contributed by atoms with van der Waals surface area (Å²) in [6.45, 7) is 4.84. The number of nitriles is 1. The Balaban J connectivity index is 1.57. The molecule has 0 spiro atoms. The van der Waals surface area contributed by atoms with Crippen LogP contribution < -0.4 is 24.3 Å². The van der Waals surface area contributed by atoms with Crippen LogP contribution in [0.4, 0.5) is 0 Å². The summed E-state index contributed by atoms with van der Waals surface area (Å²) < 4.78 is 29.0. The fourth-order valence-corrected chi connectivity index (χ4v) is 8.90. The lowest BCUT2D eigenvalue weighted by Gasteiger charge is -2.57. The van der Waals surface area contributed by atoms with Crippen molar-refractivity contribution >= 4 is 29.5 Å². The van der Waals surface area contributed by atoms with Gasteiger partial charge in [-0.15, -0.1) is 11.8 Å². The van der Waals surface area contributed by atoms with Gasteiger partial charge in [0, 0.05) is 48.2 Å². The molecule has 6 atom stereocenters. The summed E-state index contributed by atoms with van der Waals surface area (Å²) in [5.74, 6) is -0.966. The third-order valence-corrected chi connectivity index (χ3v) is 10.4. The third kappa shape index (κ3) is 3.79. The number of ketones is 1. The van der Waals surface area contributed by atoms with Crippen LogP contribution in [0, 0.1) is 25.2 Å². The van der Waals surface area contributed by atoms with E-state index in [0.717, 1.165) is 11.1 Å². The second-order valence-electron chi connectivity index (χ2n) is 11.4. The normalized spacial score (nSPS) is 29.9.